The molecule has 0 spiro atoms. The Morgan fingerprint density at radius 3 is 1.40 bits per heavy atom. The minimum absolute atomic E-state index is 0.242. The van der Waals surface area contributed by atoms with E-state index >= 15 is 0 Å². The van der Waals surface area contributed by atoms with E-state index in [0.29, 0.717) is 0 Å². The molecule has 0 bridgehead atoms. The van der Waals surface area contributed by atoms with E-state index in [-0.39, 0.29) is 4.83 Å². The molecule has 4 aromatic rings. The van der Waals surface area contributed by atoms with E-state index in [9.17, 15) is 0 Å². The van der Waals surface area contributed by atoms with Crippen molar-refractivity contribution >= 4 is 31.9 Å². The second kappa shape index (κ2) is 8.91. The van der Waals surface area contributed by atoms with Crippen molar-refractivity contribution in [3.05, 3.63) is 141 Å². The minimum Gasteiger partial charge on any atom is -0.0841 e. The van der Waals surface area contributed by atoms with Crippen molar-refractivity contribution in [3.63, 3.8) is 0 Å². The molecule has 0 aliphatic heterocycles. The second-order valence-corrected chi connectivity index (χ2v) is 9.83. The molecule has 30 heavy (non-hydrogen) atoms. The topological polar surface area (TPSA) is 0 Å². The number of halogens is 2. The summed E-state index contributed by atoms with van der Waals surface area (Å²) in [4.78, 5) is 0.242. The van der Waals surface area contributed by atoms with Crippen LogP contribution < -0.4 is 0 Å². The first-order valence-electron chi connectivity index (χ1n) is 10.2. The molecule has 0 N–H and O–H groups in total. The number of benzene rings is 4. The van der Waals surface area contributed by atoms with Gasteiger partial charge in [-0.05, 0) is 53.3 Å². The van der Waals surface area contributed by atoms with Crippen molar-refractivity contribution in [2.75, 3.05) is 0 Å². The number of alkyl halides is 1. The SMILES string of the molecule is Cc1c(C(c2ccccc2)(c2ccccc2)c2ccccc2)ccc(Br)c1C(C)Br. The number of hydrogen-bond donors (Lipinski definition) is 0. The molecule has 2 heteroatoms. The summed E-state index contributed by atoms with van der Waals surface area (Å²) in [7, 11) is 0. The molecule has 1 atom stereocenters. The predicted molar refractivity (Wildman–Crippen MR) is 135 cm³/mol. The summed E-state index contributed by atoms with van der Waals surface area (Å²) in [6.07, 6.45) is 0. The molecule has 0 saturated carbocycles. The molecule has 0 saturated heterocycles. The van der Waals surface area contributed by atoms with Gasteiger partial charge in [-0.1, -0.05) is 129 Å². The highest BCUT2D eigenvalue weighted by molar-refractivity contribution is 9.11. The summed E-state index contributed by atoms with van der Waals surface area (Å²) in [6.45, 7) is 4.43. The highest BCUT2D eigenvalue weighted by Crippen LogP contribution is 2.48. The van der Waals surface area contributed by atoms with Crippen molar-refractivity contribution in [1.82, 2.24) is 0 Å². The Hall–Kier alpha value is -2.16. The van der Waals surface area contributed by atoms with E-state index in [1.807, 2.05) is 0 Å². The molecule has 4 aromatic carbocycles. The molecular weight excluding hydrogens is 496 g/mol. The normalized spacial score (nSPS) is 12.5. The zero-order valence-electron chi connectivity index (χ0n) is 17.1. The second-order valence-electron chi connectivity index (χ2n) is 7.60. The average molecular weight is 520 g/mol. The maximum Gasteiger partial charge on any atom is 0.0704 e. The number of hydrogen-bond acceptors (Lipinski definition) is 0. The number of rotatable bonds is 5. The minimum atomic E-state index is -0.412. The lowest BCUT2D eigenvalue weighted by Gasteiger charge is -2.38. The molecule has 0 heterocycles. The predicted octanol–water partition coefficient (Wildman–Crippen LogP) is 8.60. The molecule has 4 rings (SSSR count). The fourth-order valence-corrected chi connectivity index (χ4v) is 6.29. The molecule has 0 radical (unpaired) electrons. The summed E-state index contributed by atoms with van der Waals surface area (Å²) < 4.78 is 1.14. The third-order valence-electron chi connectivity index (χ3n) is 5.88. The lowest BCUT2D eigenvalue weighted by atomic mass is 9.63. The standard InChI is InChI=1S/C28H24Br2/c1-20-25(18-19-26(30)27(20)21(2)29)28(22-12-6-3-7-13-22,23-14-8-4-9-15-23)24-16-10-5-11-17-24/h3-19,21H,1-2H3. The van der Waals surface area contributed by atoms with E-state index in [2.05, 4.69) is 149 Å². The molecule has 0 amide bonds. The Bertz CT molecular complexity index is 1020. The Morgan fingerprint density at radius 2 is 1.03 bits per heavy atom. The highest BCUT2D eigenvalue weighted by atomic mass is 79.9. The molecule has 0 fully saturated rings. The van der Waals surface area contributed by atoms with E-state index < -0.39 is 5.41 Å². The van der Waals surface area contributed by atoms with Crippen LogP contribution in [0.15, 0.2) is 108 Å². The molecule has 0 aliphatic rings. The van der Waals surface area contributed by atoms with Crippen molar-refractivity contribution < 1.29 is 0 Å². The van der Waals surface area contributed by atoms with Crippen molar-refractivity contribution in [2.45, 2.75) is 24.1 Å². The van der Waals surface area contributed by atoms with Gasteiger partial charge in [0.2, 0.25) is 0 Å². The van der Waals surface area contributed by atoms with Gasteiger partial charge < -0.3 is 0 Å². The monoisotopic (exact) mass is 518 g/mol. The van der Waals surface area contributed by atoms with E-state index in [4.69, 9.17) is 0 Å². The molecular formula is C28H24Br2. The lowest BCUT2D eigenvalue weighted by Crippen LogP contribution is -2.32. The summed E-state index contributed by atoms with van der Waals surface area (Å²) in [5.41, 5.74) is 7.27. The average Bonchev–Trinajstić information content (AvgIpc) is 2.78. The Labute approximate surface area is 196 Å². The third kappa shape index (κ3) is 3.57. The Morgan fingerprint density at radius 1 is 0.633 bits per heavy atom. The Balaban J connectivity index is 2.19. The van der Waals surface area contributed by atoms with Crippen LogP contribution in [0.25, 0.3) is 0 Å². The summed E-state index contributed by atoms with van der Waals surface area (Å²) >= 11 is 7.61. The first-order chi connectivity index (χ1) is 14.6. The van der Waals surface area contributed by atoms with Crippen LogP contribution in [-0.4, -0.2) is 0 Å². The van der Waals surface area contributed by atoms with Gasteiger partial charge in [-0.25, -0.2) is 0 Å². The van der Waals surface area contributed by atoms with Crippen LogP contribution in [-0.2, 0) is 5.41 Å². The van der Waals surface area contributed by atoms with Crippen LogP contribution in [0.5, 0.6) is 0 Å². The molecule has 150 valence electrons. The third-order valence-corrected chi connectivity index (χ3v) is 7.03. The largest absolute Gasteiger partial charge is 0.0841 e. The zero-order chi connectivity index (χ0) is 21.1. The van der Waals surface area contributed by atoms with Gasteiger partial charge in [-0.2, -0.15) is 0 Å². The van der Waals surface area contributed by atoms with Crippen molar-refractivity contribution in [1.29, 1.82) is 0 Å². The molecule has 0 aromatic heterocycles. The smallest absolute Gasteiger partial charge is 0.0704 e. The van der Waals surface area contributed by atoms with Crippen LogP contribution in [0.1, 0.15) is 45.1 Å². The van der Waals surface area contributed by atoms with Gasteiger partial charge >= 0.3 is 0 Å². The van der Waals surface area contributed by atoms with Gasteiger partial charge in [0.15, 0.2) is 0 Å². The summed E-state index contributed by atoms with van der Waals surface area (Å²) in [6, 6.07) is 37.1. The van der Waals surface area contributed by atoms with E-state index in [0.717, 1.165) is 4.47 Å². The van der Waals surface area contributed by atoms with Gasteiger partial charge in [0.05, 0.1) is 5.41 Å². The van der Waals surface area contributed by atoms with Gasteiger partial charge in [0.25, 0.3) is 0 Å². The van der Waals surface area contributed by atoms with Gasteiger partial charge in [0, 0.05) is 9.30 Å². The van der Waals surface area contributed by atoms with E-state index in [1.54, 1.807) is 0 Å². The molecule has 1 unspecified atom stereocenters. The zero-order valence-corrected chi connectivity index (χ0v) is 20.3. The van der Waals surface area contributed by atoms with Crippen molar-refractivity contribution in [2.24, 2.45) is 0 Å². The summed E-state index contributed by atoms with van der Waals surface area (Å²) in [5, 5.41) is 0. The van der Waals surface area contributed by atoms with Crippen LogP contribution in [0.4, 0.5) is 0 Å². The summed E-state index contributed by atoms with van der Waals surface area (Å²) in [5.74, 6) is 0. The van der Waals surface area contributed by atoms with Gasteiger partial charge in [-0.3, -0.25) is 0 Å². The van der Waals surface area contributed by atoms with E-state index in [1.165, 1.54) is 33.4 Å². The van der Waals surface area contributed by atoms with Gasteiger partial charge in [0.1, 0.15) is 0 Å². The Kier molecular flexibility index (Phi) is 6.26. The van der Waals surface area contributed by atoms with Crippen LogP contribution in [0, 0.1) is 6.92 Å². The lowest BCUT2D eigenvalue weighted by molar-refractivity contribution is 0.735. The highest BCUT2D eigenvalue weighted by Gasteiger charge is 2.40. The fraction of sp³-hybridized carbons (Fsp3) is 0.143. The first-order valence-corrected chi connectivity index (χ1v) is 11.9. The van der Waals surface area contributed by atoms with Crippen molar-refractivity contribution in [3.8, 4) is 0 Å². The molecule has 0 nitrogen and oxygen atoms in total. The quantitative estimate of drug-likeness (QED) is 0.183. The fourth-order valence-electron chi connectivity index (χ4n) is 4.62. The van der Waals surface area contributed by atoms with Gasteiger partial charge in [-0.15, -0.1) is 0 Å². The van der Waals surface area contributed by atoms with Crippen LogP contribution in [0.2, 0.25) is 0 Å². The maximum atomic E-state index is 3.82. The molecule has 0 aliphatic carbocycles. The first kappa shape index (κ1) is 21.1. The van der Waals surface area contributed by atoms with Crippen LogP contribution >= 0.6 is 31.9 Å². The maximum absolute atomic E-state index is 3.82. The van der Waals surface area contributed by atoms with Crippen LogP contribution in [0.3, 0.4) is 0 Å².